The first-order chi connectivity index (χ1) is 8.81. The van der Waals surface area contributed by atoms with E-state index in [1.807, 2.05) is 17.8 Å². The number of allylic oxidation sites excluding steroid dienone is 1. The molecule has 1 N–H and O–H groups in total. The lowest BCUT2D eigenvalue weighted by Crippen LogP contribution is -2.21. The van der Waals surface area contributed by atoms with Crippen molar-refractivity contribution in [2.45, 2.75) is 44.0 Å². The molecule has 0 saturated heterocycles. The lowest BCUT2D eigenvalue weighted by Gasteiger charge is -2.18. The molecule has 0 aliphatic heterocycles. The molecule has 100 valence electrons. The highest BCUT2D eigenvalue weighted by Crippen LogP contribution is 2.23. The molecular formula is C16H25NS. The second-order valence-corrected chi connectivity index (χ2v) is 5.71. The van der Waals surface area contributed by atoms with Gasteiger partial charge in [-0.2, -0.15) is 0 Å². The Hall–Kier alpha value is -0.730. The minimum atomic E-state index is 0.462. The highest BCUT2D eigenvalue weighted by Gasteiger charge is 2.09. The van der Waals surface area contributed by atoms with Crippen LogP contribution in [0.15, 0.2) is 41.8 Å². The van der Waals surface area contributed by atoms with Gasteiger partial charge in [-0.05, 0) is 49.3 Å². The van der Waals surface area contributed by atoms with Crippen molar-refractivity contribution >= 4 is 11.8 Å². The lowest BCUT2D eigenvalue weighted by molar-refractivity contribution is 0.503. The van der Waals surface area contributed by atoms with Crippen LogP contribution in [-0.2, 0) is 0 Å². The third-order valence-electron chi connectivity index (χ3n) is 2.89. The topological polar surface area (TPSA) is 12.0 Å². The summed E-state index contributed by atoms with van der Waals surface area (Å²) in [5.41, 5.74) is 1.39. The van der Waals surface area contributed by atoms with Crippen LogP contribution in [0, 0.1) is 0 Å². The number of benzene rings is 1. The van der Waals surface area contributed by atoms with Crippen LogP contribution >= 0.6 is 11.8 Å². The van der Waals surface area contributed by atoms with Crippen molar-refractivity contribution in [3.63, 3.8) is 0 Å². The molecule has 0 aromatic heterocycles. The van der Waals surface area contributed by atoms with Crippen LogP contribution < -0.4 is 5.32 Å². The normalized spacial score (nSPS) is 12.3. The summed E-state index contributed by atoms with van der Waals surface area (Å²) in [4.78, 5) is 1.36. The quantitative estimate of drug-likeness (QED) is 0.507. The summed E-state index contributed by atoms with van der Waals surface area (Å²) in [7, 11) is 0. The Bertz CT molecular complexity index is 331. The van der Waals surface area contributed by atoms with Gasteiger partial charge in [0.25, 0.3) is 0 Å². The minimum Gasteiger partial charge on any atom is -0.310 e. The zero-order chi connectivity index (χ0) is 13.2. The predicted octanol–water partition coefficient (Wildman–Crippen LogP) is 4.81. The molecule has 0 radical (unpaired) electrons. The Balaban J connectivity index is 2.67. The number of rotatable bonds is 9. The SMILES string of the molecule is C=CCCC(NCCC)c1ccc(SCC)cc1. The first-order valence-electron chi connectivity index (χ1n) is 6.88. The smallest absolute Gasteiger partial charge is 0.0323 e. The van der Waals surface area contributed by atoms with Crippen molar-refractivity contribution in [2.24, 2.45) is 0 Å². The second-order valence-electron chi connectivity index (χ2n) is 4.37. The van der Waals surface area contributed by atoms with Gasteiger partial charge in [0.15, 0.2) is 0 Å². The molecule has 1 aromatic rings. The Morgan fingerprint density at radius 1 is 1.28 bits per heavy atom. The fourth-order valence-electron chi connectivity index (χ4n) is 1.95. The van der Waals surface area contributed by atoms with Gasteiger partial charge >= 0.3 is 0 Å². The van der Waals surface area contributed by atoms with E-state index in [1.54, 1.807) is 0 Å². The molecule has 0 bridgehead atoms. The first-order valence-corrected chi connectivity index (χ1v) is 7.87. The third kappa shape index (κ3) is 5.28. The van der Waals surface area contributed by atoms with E-state index >= 15 is 0 Å². The van der Waals surface area contributed by atoms with Crippen LogP contribution in [0.4, 0.5) is 0 Å². The number of thioether (sulfide) groups is 1. The summed E-state index contributed by atoms with van der Waals surface area (Å²) in [5, 5.41) is 3.62. The zero-order valence-electron chi connectivity index (χ0n) is 11.6. The van der Waals surface area contributed by atoms with Gasteiger partial charge in [0.2, 0.25) is 0 Å². The lowest BCUT2D eigenvalue weighted by atomic mass is 10.0. The van der Waals surface area contributed by atoms with Gasteiger partial charge in [0, 0.05) is 10.9 Å². The van der Waals surface area contributed by atoms with Gasteiger partial charge in [0.1, 0.15) is 0 Å². The molecule has 0 fully saturated rings. The van der Waals surface area contributed by atoms with Crippen LogP contribution in [0.25, 0.3) is 0 Å². The predicted molar refractivity (Wildman–Crippen MR) is 83.3 cm³/mol. The molecular weight excluding hydrogens is 238 g/mol. The number of hydrogen-bond donors (Lipinski definition) is 1. The van der Waals surface area contributed by atoms with E-state index in [0.29, 0.717) is 6.04 Å². The molecule has 0 heterocycles. The molecule has 0 aliphatic carbocycles. The summed E-state index contributed by atoms with van der Waals surface area (Å²) in [5.74, 6) is 1.13. The largest absolute Gasteiger partial charge is 0.310 e. The molecule has 1 aromatic carbocycles. The fourth-order valence-corrected chi connectivity index (χ4v) is 2.61. The van der Waals surface area contributed by atoms with Gasteiger partial charge < -0.3 is 5.32 Å². The average molecular weight is 263 g/mol. The van der Waals surface area contributed by atoms with Crippen molar-refractivity contribution in [1.82, 2.24) is 5.32 Å². The van der Waals surface area contributed by atoms with Crippen LogP contribution in [0.5, 0.6) is 0 Å². The van der Waals surface area contributed by atoms with Crippen LogP contribution in [0.1, 0.15) is 44.7 Å². The molecule has 18 heavy (non-hydrogen) atoms. The van der Waals surface area contributed by atoms with E-state index in [-0.39, 0.29) is 0 Å². The Kier molecular flexibility index (Phi) is 7.86. The Morgan fingerprint density at radius 3 is 2.56 bits per heavy atom. The van der Waals surface area contributed by atoms with E-state index < -0.39 is 0 Å². The van der Waals surface area contributed by atoms with Crippen molar-refractivity contribution in [2.75, 3.05) is 12.3 Å². The van der Waals surface area contributed by atoms with Crippen molar-refractivity contribution < 1.29 is 0 Å². The molecule has 1 atom stereocenters. The van der Waals surface area contributed by atoms with E-state index in [1.165, 1.54) is 16.9 Å². The van der Waals surface area contributed by atoms with E-state index in [0.717, 1.165) is 25.1 Å². The molecule has 0 aliphatic rings. The summed E-state index contributed by atoms with van der Waals surface area (Å²) in [6.07, 6.45) is 5.37. The van der Waals surface area contributed by atoms with Gasteiger partial charge in [-0.25, -0.2) is 0 Å². The van der Waals surface area contributed by atoms with Crippen LogP contribution in [0.3, 0.4) is 0 Å². The van der Waals surface area contributed by atoms with Gasteiger partial charge in [-0.1, -0.05) is 32.1 Å². The summed E-state index contributed by atoms with van der Waals surface area (Å²) < 4.78 is 0. The Morgan fingerprint density at radius 2 is 2.00 bits per heavy atom. The number of hydrogen-bond acceptors (Lipinski definition) is 2. The second kappa shape index (κ2) is 9.23. The highest BCUT2D eigenvalue weighted by molar-refractivity contribution is 7.99. The summed E-state index contributed by atoms with van der Waals surface area (Å²) >= 11 is 1.89. The van der Waals surface area contributed by atoms with Gasteiger partial charge in [0.05, 0.1) is 0 Å². The van der Waals surface area contributed by atoms with E-state index in [9.17, 15) is 0 Å². The standard InChI is InChI=1S/C16H25NS/c1-4-7-8-16(17-13-5-2)14-9-11-15(12-10-14)18-6-3/h4,9-12,16-17H,1,5-8,13H2,2-3H3. The maximum atomic E-state index is 3.81. The zero-order valence-corrected chi connectivity index (χ0v) is 12.4. The Labute approximate surface area is 116 Å². The minimum absolute atomic E-state index is 0.462. The van der Waals surface area contributed by atoms with Crippen molar-refractivity contribution in [1.29, 1.82) is 0 Å². The van der Waals surface area contributed by atoms with Crippen molar-refractivity contribution in [3.8, 4) is 0 Å². The van der Waals surface area contributed by atoms with Crippen LogP contribution in [-0.4, -0.2) is 12.3 Å². The molecule has 1 nitrogen and oxygen atoms in total. The molecule has 0 spiro atoms. The maximum absolute atomic E-state index is 3.81. The molecule has 1 unspecified atom stereocenters. The highest BCUT2D eigenvalue weighted by atomic mass is 32.2. The van der Waals surface area contributed by atoms with Gasteiger partial charge in [-0.15, -0.1) is 18.3 Å². The molecule has 0 amide bonds. The maximum Gasteiger partial charge on any atom is 0.0323 e. The fraction of sp³-hybridized carbons (Fsp3) is 0.500. The summed E-state index contributed by atoms with van der Waals surface area (Å²) in [6.45, 7) is 9.29. The average Bonchev–Trinajstić information content (AvgIpc) is 2.41. The summed E-state index contributed by atoms with van der Waals surface area (Å²) in [6, 6.07) is 9.45. The molecule has 2 heteroatoms. The van der Waals surface area contributed by atoms with Crippen LogP contribution in [0.2, 0.25) is 0 Å². The van der Waals surface area contributed by atoms with E-state index in [4.69, 9.17) is 0 Å². The van der Waals surface area contributed by atoms with Gasteiger partial charge in [-0.3, -0.25) is 0 Å². The first kappa shape index (κ1) is 15.3. The molecule has 0 saturated carbocycles. The third-order valence-corrected chi connectivity index (χ3v) is 3.79. The van der Waals surface area contributed by atoms with Crippen molar-refractivity contribution in [3.05, 3.63) is 42.5 Å². The van der Waals surface area contributed by atoms with E-state index in [2.05, 4.69) is 50.0 Å². The monoisotopic (exact) mass is 263 g/mol. The molecule has 1 rings (SSSR count). The number of nitrogens with one attached hydrogen (secondary N) is 1.